The smallest absolute Gasteiger partial charge is 0.340 e. The molecule has 22 heavy (non-hydrogen) atoms. The van der Waals surface area contributed by atoms with E-state index in [1.165, 1.54) is 7.11 Å². The van der Waals surface area contributed by atoms with Gasteiger partial charge in [0.15, 0.2) is 0 Å². The Morgan fingerprint density at radius 3 is 2.86 bits per heavy atom. The number of fused-ring (bicyclic) bond motifs is 1. The van der Waals surface area contributed by atoms with Crippen molar-refractivity contribution < 1.29 is 14.3 Å². The molecule has 112 valence electrons. The molecule has 0 saturated heterocycles. The summed E-state index contributed by atoms with van der Waals surface area (Å²) >= 11 is 0. The summed E-state index contributed by atoms with van der Waals surface area (Å²) < 4.78 is 9.96. The van der Waals surface area contributed by atoms with E-state index in [2.05, 4.69) is 16.0 Å². The van der Waals surface area contributed by atoms with Crippen LogP contribution in [0.5, 0.6) is 0 Å². The molecule has 5 heteroatoms. The molecular formula is C17H16N2O3. The lowest BCUT2D eigenvalue weighted by Gasteiger charge is -2.05. The van der Waals surface area contributed by atoms with Crippen LogP contribution in [-0.2, 0) is 16.1 Å². The lowest BCUT2D eigenvalue weighted by molar-refractivity contribution is 0.0603. The highest BCUT2D eigenvalue weighted by Crippen LogP contribution is 2.25. The van der Waals surface area contributed by atoms with Gasteiger partial charge >= 0.3 is 5.97 Å². The number of benzene rings is 1. The second kappa shape index (κ2) is 5.99. The predicted octanol–water partition coefficient (Wildman–Crippen LogP) is 3.16. The van der Waals surface area contributed by atoms with Gasteiger partial charge in [-0.3, -0.25) is 0 Å². The maximum atomic E-state index is 11.8. The van der Waals surface area contributed by atoms with E-state index in [1.807, 2.05) is 24.3 Å². The number of ether oxygens (including phenoxy) is 2. The Hall–Kier alpha value is -2.66. The molecule has 0 bridgehead atoms. The first-order valence-corrected chi connectivity index (χ1v) is 6.86. The van der Waals surface area contributed by atoms with Crippen molar-refractivity contribution in [3.8, 4) is 11.1 Å². The topological polar surface area (TPSA) is 64.2 Å². The summed E-state index contributed by atoms with van der Waals surface area (Å²) in [4.78, 5) is 19.1. The fraction of sp³-hybridized carbons (Fsp3) is 0.176. The number of nitrogens with one attached hydrogen (secondary N) is 1. The molecule has 0 amide bonds. The molecule has 0 fully saturated rings. The van der Waals surface area contributed by atoms with Crippen LogP contribution in [-0.4, -0.2) is 30.2 Å². The van der Waals surface area contributed by atoms with E-state index in [-0.39, 0.29) is 5.97 Å². The van der Waals surface area contributed by atoms with Gasteiger partial charge in [-0.25, -0.2) is 9.78 Å². The average Bonchev–Trinajstić information content (AvgIpc) is 2.98. The van der Waals surface area contributed by atoms with Crippen LogP contribution in [0.1, 0.15) is 15.9 Å². The first kappa shape index (κ1) is 14.3. The van der Waals surface area contributed by atoms with Crippen LogP contribution in [0.25, 0.3) is 22.2 Å². The highest BCUT2D eigenvalue weighted by molar-refractivity contribution is 6.04. The van der Waals surface area contributed by atoms with Gasteiger partial charge in [0.2, 0.25) is 0 Å². The second-order valence-electron chi connectivity index (χ2n) is 4.95. The molecule has 0 atom stereocenters. The van der Waals surface area contributed by atoms with Crippen molar-refractivity contribution in [2.75, 3.05) is 14.2 Å². The van der Waals surface area contributed by atoms with Crippen LogP contribution in [0.15, 0.2) is 42.7 Å². The summed E-state index contributed by atoms with van der Waals surface area (Å²) in [5, 5.41) is 0.751. The molecule has 1 N–H and O–H groups in total. The number of rotatable bonds is 4. The monoisotopic (exact) mass is 296 g/mol. The van der Waals surface area contributed by atoms with Crippen molar-refractivity contribution in [1.82, 2.24) is 9.97 Å². The number of carbonyl (C=O) groups excluding carboxylic acids is 1. The number of hydrogen-bond acceptors (Lipinski definition) is 4. The minimum Gasteiger partial charge on any atom is -0.465 e. The number of hydrogen-bond donors (Lipinski definition) is 1. The van der Waals surface area contributed by atoms with Gasteiger partial charge in [-0.2, -0.15) is 0 Å². The maximum absolute atomic E-state index is 11.8. The van der Waals surface area contributed by atoms with Crippen LogP contribution in [0.3, 0.4) is 0 Å². The third-order valence-corrected chi connectivity index (χ3v) is 3.51. The molecule has 0 aliphatic carbocycles. The molecule has 0 aliphatic rings. The molecular weight excluding hydrogens is 280 g/mol. The van der Waals surface area contributed by atoms with Crippen LogP contribution in [0, 0.1) is 0 Å². The molecule has 0 spiro atoms. The van der Waals surface area contributed by atoms with E-state index < -0.39 is 0 Å². The SMILES string of the molecule is COCc1cccc(-c2cnc3[nH]cc(C(=O)OC)c3c2)c1. The van der Waals surface area contributed by atoms with Gasteiger partial charge in [0.05, 0.1) is 19.3 Å². The highest BCUT2D eigenvalue weighted by Gasteiger charge is 2.14. The van der Waals surface area contributed by atoms with E-state index in [9.17, 15) is 4.79 Å². The van der Waals surface area contributed by atoms with Crippen LogP contribution in [0.4, 0.5) is 0 Å². The minimum atomic E-state index is -0.377. The molecule has 3 rings (SSSR count). The third kappa shape index (κ3) is 2.58. The van der Waals surface area contributed by atoms with E-state index >= 15 is 0 Å². The van der Waals surface area contributed by atoms with Gasteiger partial charge in [-0.15, -0.1) is 0 Å². The molecule has 3 aromatic rings. The Bertz CT molecular complexity index is 824. The Labute approximate surface area is 127 Å². The zero-order chi connectivity index (χ0) is 15.5. The largest absolute Gasteiger partial charge is 0.465 e. The summed E-state index contributed by atoms with van der Waals surface area (Å²) in [7, 11) is 3.04. The fourth-order valence-corrected chi connectivity index (χ4v) is 2.45. The summed E-state index contributed by atoms with van der Waals surface area (Å²) in [6, 6.07) is 9.99. The van der Waals surface area contributed by atoms with Crippen molar-refractivity contribution >= 4 is 17.0 Å². The molecule has 2 aromatic heterocycles. The van der Waals surface area contributed by atoms with Gasteiger partial charge in [0.25, 0.3) is 0 Å². The number of methoxy groups -OCH3 is 2. The molecule has 0 saturated carbocycles. The highest BCUT2D eigenvalue weighted by atomic mass is 16.5. The third-order valence-electron chi connectivity index (χ3n) is 3.51. The van der Waals surface area contributed by atoms with Gasteiger partial charge in [0, 0.05) is 30.5 Å². The lowest BCUT2D eigenvalue weighted by Crippen LogP contribution is -1.99. The number of aromatic amines is 1. The summed E-state index contributed by atoms with van der Waals surface area (Å²) in [6.45, 7) is 0.557. The van der Waals surface area contributed by atoms with Crippen molar-refractivity contribution in [3.63, 3.8) is 0 Å². The molecule has 0 radical (unpaired) electrons. The first-order valence-electron chi connectivity index (χ1n) is 6.86. The number of nitrogens with zero attached hydrogens (tertiary/aromatic N) is 1. The number of aromatic nitrogens is 2. The van der Waals surface area contributed by atoms with E-state index in [0.29, 0.717) is 17.8 Å². The number of H-pyrrole nitrogens is 1. The predicted molar refractivity (Wildman–Crippen MR) is 83.6 cm³/mol. The van der Waals surface area contributed by atoms with Gasteiger partial charge in [0.1, 0.15) is 5.65 Å². The molecule has 0 aliphatic heterocycles. The Balaban J connectivity index is 2.07. The summed E-state index contributed by atoms with van der Waals surface area (Å²) in [6.07, 6.45) is 3.40. The average molecular weight is 296 g/mol. The standard InChI is InChI=1S/C17H16N2O3/c1-21-10-11-4-3-5-12(6-11)13-7-14-15(17(20)22-2)9-19-16(14)18-8-13/h3-9H,10H2,1-2H3,(H,18,19). The Morgan fingerprint density at radius 1 is 1.23 bits per heavy atom. The van der Waals surface area contributed by atoms with Crippen LogP contribution < -0.4 is 0 Å². The van der Waals surface area contributed by atoms with Gasteiger partial charge in [-0.05, 0) is 23.3 Å². The molecule has 0 unspecified atom stereocenters. The van der Waals surface area contributed by atoms with Crippen molar-refractivity contribution in [3.05, 3.63) is 53.9 Å². The zero-order valence-corrected chi connectivity index (χ0v) is 12.4. The zero-order valence-electron chi connectivity index (χ0n) is 12.4. The van der Waals surface area contributed by atoms with Crippen LogP contribution >= 0.6 is 0 Å². The van der Waals surface area contributed by atoms with E-state index in [0.717, 1.165) is 22.1 Å². The molecule has 1 aromatic carbocycles. The Morgan fingerprint density at radius 2 is 2.09 bits per heavy atom. The number of esters is 1. The number of pyridine rings is 1. The van der Waals surface area contributed by atoms with Crippen LogP contribution in [0.2, 0.25) is 0 Å². The minimum absolute atomic E-state index is 0.377. The normalized spacial score (nSPS) is 10.8. The molecule has 2 heterocycles. The van der Waals surface area contributed by atoms with Gasteiger partial charge < -0.3 is 14.5 Å². The van der Waals surface area contributed by atoms with Crippen molar-refractivity contribution in [2.24, 2.45) is 0 Å². The van der Waals surface area contributed by atoms with E-state index in [4.69, 9.17) is 9.47 Å². The second-order valence-corrected chi connectivity index (χ2v) is 4.95. The fourth-order valence-electron chi connectivity index (χ4n) is 2.45. The summed E-state index contributed by atoms with van der Waals surface area (Å²) in [5.74, 6) is -0.377. The van der Waals surface area contributed by atoms with Crippen molar-refractivity contribution in [2.45, 2.75) is 6.61 Å². The van der Waals surface area contributed by atoms with E-state index in [1.54, 1.807) is 19.5 Å². The molecule has 5 nitrogen and oxygen atoms in total. The Kier molecular flexibility index (Phi) is 3.89. The summed E-state index contributed by atoms with van der Waals surface area (Å²) in [5.41, 5.74) is 4.20. The lowest BCUT2D eigenvalue weighted by atomic mass is 10.0. The van der Waals surface area contributed by atoms with Crippen molar-refractivity contribution in [1.29, 1.82) is 0 Å². The van der Waals surface area contributed by atoms with Gasteiger partial charge in [-0.1, -0.05) is 18.2 Å². The first-order chi connectivity index (χ1) is 10.7. The quantitative estimate of drug-likeness (QED) is 0.751. The number of carbonyl (C=O) groups is 1. The maximum Gasteiger partial charge on any atom is 0.340 e.